The lowest BCUT2D eigenvalue weighted by molar-refractivity contribution is -0.118. The van der Waals surface area contributed by atoms with Gasteiger partial charge in [-0.05, 0) is 32.0 Å². The van der Waals surface area contributed by atoms with Gasteiger partial charge >= 0.3 is 0 Å². The number of carbonyl (C=O) groups is 1. The zero-order valence-corrected chi connectivity index (χ0v) is 14.3. The summed E-state index contributed by atoms with van der Waals surface area (Å²) in [4.78, 5) is 21.6. The van der Waals surface area contributed by atoms with Crippen LogP contribution in [0, 0.1) is 13.8 Å². The van der Waals surface area contributed by atoms with Crippen molar-refractivity contribution >= 4 is 29.4 Å². The Bertz CT molecular complexity index is 600. The van der Waals surface area contributed by atoms with Crippen molar-refractivity contribution in [1.29, 1.82) is 0 Å². The minimum absolute atomic E-state index is 0.0152. The maximum atomic E-state index is 11.8. The van der Waals surface area contributed by atoms with E-state index in [1.54, 1.807) is 11.8 Å². The van der Waals surface area contributed by atoms with Crippen molar-refractivity contribution in [3.05, 3.63) is 47.8 Å². The molecule has 0 spiro atoms. The molecule has 116 valence electrons. The summed E-state index contributed by atoms with van der Waals surface area (Å²) < 4.78 is 0. The number of hydrogen-bond acceptors (Lipinski definition) is 5. The minimum Gasteiger partial charge on any atom is -0.355 e. The topological polar surface area (TPSA) is 54.9 Å². The molecular formula is C16H19N3OS2. The second-order valence-corrected chi connectivity index (χ2v) is 6.84. The summed E-state index contributed by atoms with van der Waals surface area (Å²) in [6.45, 7) is 4.52. The van der Waals surface area contributed by atoms with E-state index in [0.29, 0.717) is 17.5 Å². The molecule has 22 heavy (non-hydrogen) atoms. The number of carbonyl (C=O) groups excluding carboxylic acids is 1. The van der Waals surface area contributed by atoms with E-state index in [2.05, 4.69) is 27.4 Å². The van der Waals surface area contributed by atoms with Gasteiger partial charge < -0.3 is 5.32 Å². The Labute approximate surface area is 139 Å². The molecule has 0 saturated heterocycles. The first-order valence-corrected chi connectivity index (χ1v) is 9.00. The fraction of sp³-hybridized carbons (Fsp3) is 0.312. The van der Waals surface area contributed by atoms with Gasteiger partial charge in [0.25, 0.3) is 0 Å². The first kappa shape index (κ1) is 16.8. The quantitative estimate of drug-likeness (QED) is 0.479. The number of benzene rings is 1. The standard InChI is InChI=1S/C16H19N3OS2/c1-12-10-13(2)19-16(18-12)22-11-15(20)17-8-9-21-14-6-4-3-5-7-14/h3-7,10H,8-9,11H2,1-2H3,(H,17,20). The van der Waals surface area contributed by atoms with Gasteiger partial charge in [-0.15, -0.1) is 11.8 Å². The van der Waals surface area contributed by atoms with Crippen molar-refractivity contribution in [3.8, 4) is 0 Å². The molecule has 0 aliphatic carbocycles. The van der Waals surface area contributed by atoms with Crippen LogP contribution in [0.3, 0.4) is 0 Å². The molecular weight excluding hydrogens is 314 g/mol. The number of amides is 1. The van der Waals surface area contributed by atoms with Gasteiger partial charge in [-0.2, -0.15) is 0 Å². The van der Waals surface area contributed by atoms with Crippen LogP contribution in [0.5, 0.6) is 0 Å². The molecule has 0 atom stereocenters. The van der Waals surface area contributed by atoms with Crippen LogP contribution in [0.2, 0.25) is 0 Å². The van der Waals surface area contributed by atoms with E-state index < -0.39 is 0 Å². The fourth-order valence-corrected chi connectivity index (χ4v) is 3.38. The van der Waals surface area contributed by atoms with E-state index in [0.717, 1.165) is 17.1 Å². The van der Waals surface area contributed by atoms with Crippen LogP contribution in [-0.2, 0) is 4.79 Å². The Morgan fingerprint density at radius 3 is 2.45 bits per heavy atom. The Kier molecular flexibility index (Phi) is 6.74. The van der Waals surface area contributed by atoms with Crippen LogP contribution in [0.15, 0.2) is 46.5 Å². The number of aryl methyl sites for hydroxylation is 2. The van der Waals surface area contributed by atoms with Crippen molar-refractivity contribution in [2.24, 2.45) is 0 Å². The zero-order valence-electron chi connectivity index (χ0n) is 12.7. The van der Waals surface area contributed by atoms with Gasteiger partial charge in [-0.3, -0.25) is 4.79 Å². The van der Waals surface area contributed by atoms with Gasteiger partial charge in [0.1, 0.15) is 0 Å². The number of aromatic nitrogens is 2. The number of nitrogens with one attached hydrogen (secondary N) is 1. The lowest BCUT2D eigenvalue weighted by Gasteiger charge is -2.05. The number of rotatable bonds is 7. The van der Waals surface area contributed by atoms with E-state index in [4.69, 9.17) is 0 Å². The lowest BCUT2D eigenvalue weighted by atomic mass is 10.4. The van der Waals surface area contributed by atoms with Crippen LogP contribution < -0.4 is 5.32 Å². The molecule has 1 N–H and O–H groups in total. The Morgan fingerprint density at radius 2 is 1.77 bits per heavy atom. The van der Waals surface area contributed by atoms with Crippen molar-refractivity contribution in [2.45, 2.75) is 23.9 Å². The summed E-state index contributed by atoms with van der Waals surface area (Å²) in [7, 11) is 0. The first-order valence-electron chi connectivity index (χ1n) is 7.03. The van der Waals surface area contributed by atoms with Crippen LogP contribution in [0.4, 0.5) is 0 Å². The van der Waals surface area contributed by atoms with Crippen molar-refractivity contribution in [2.75, 3.05) is 18.1 Å². The zero-order chi connectivity index (χ0) is 15.8. The van der Waals surface area contributed by atoms with Crippen molar-refractivity contribution in [1.82, 2.24) is 15.3 Å². The first-order chi connectivity index (χ1) is 10.6. The molecule has 0 bridgehead atoms. The average Bonchev–Trinajstić information content (AvgIpc) is 2.50. The molecule has 0 aliphatic heterocycles. The largest absolute Gasteiger partial charge is 0.355 e. The van der Waals surface area contributed by atoms with Crippen molar-refractivity contribution in [3.63, 3.8) is 0 Å². The van der Waals surface area contributed by atoms with Gasteiger partial charge in [0, 0.05) is 28.6 Å². The van der Waals surface area contributed by atoms with Gasteiger partial charge in [0.2, 0.25) is 5.91 Å². The lowest BCUT2D eigenvalue weighted by Crippen LogP contribution is -2.27. The molecule has 6 heteroatoms. The normalized spacial score (nSPS) is 10.5. The smallest absolute Gasteiger partial charge is 0.230 e. The fourth-order valence-electron chi connectivity index (χ4n) is 1.82. The van der Waals surface area contributed by atoms with E-state index >= 15 is 0 Å². The molecule has 2 aromatic rings. The number of hydrogen-bond donors (Lipinski definition) is 1. The highest BCUT2D eigenvalue weighted by molar-refractivity contribution is 7.99. The molecule has 2 rings (SSSR count). The molecule has 0 saturated carbocycles. The summed E-state index contributed by atoms with van der Waals surface area (Å²) in [6, 6.07) is 12.1. The monoisotopic (exact) mass is 333 g/mol. The molecule has 1 amide bonds. The average molecular weight is 333 g/mol. The number of nitrogens with zero attached hydrogens (tertiary/aromatic N) is 2. The second-order valence-electron chi connectivity index (χ2n) is 4.73. The van der Waals surface area contributed by atoms with E-state index in [-0.39, 0.29) is 5.91 Å². The Morgan fingerprint density at radius 1 is 1.09 bits per heavy atom. The van der Waals surface area contributed by atoms with Crippen LogP contribution in [-0.4, -0.2) is 33.9 Å². The third kappa shape index (κ3) is 6.07. The Balaban J connectivity index is 1.65. The molecule has 1 heterocycles. The van der Waals surface area contributed by atoms with Gasteiger partial charge in [-0.1, -0.05) is 30.0 Å². The maximum Gasteiger partial charge on any atom is 0.230 e. The molecule has 0 unspecified atom stereocenters. The van der Waals surface area contributed by atoms with Crippen LogP contribution >= 0.6 is 23.5 Å². The highest BCUT2D eigenvalue weighted by Gasteiger charge is 2.05. The summed E-state index contributed by atoms with van der Waals surface area (Å²) in [5, 5.41) is 3.57. The van der Waals surface area contributed by atoms with Crippen LogP contribution in [0.1, 0.15) is 11.4 Å². The molecule has 0 fully saturated rings. The molecule has 0 aliphatic rings. The summed E-state index contributed by atoms with van der Waals surface area (Å²) in [5.74, 6) is 1.22. The van der Waals surface area contributed by atoms with Crippen molar-refractivity contribution < 1.29 is 4.79 Å². The highest BCUT2D eigenvalue weighted by Crippen LogP contribution is 2.16. The van der Waals surface area contributed by atoms with E-state index in [9.17, 15) is 4.79 Å². The summed E-state index contributed by atoms with van der Waals surface area (Å²) in [5.41, 5.74) is 1.85. The highest BCUT2D eigenvalue weighted by atomic mass is 32.2. The third-order valence-electron chi connectivity index (χ3n) is 2.73. The number of thioether (sulfide) groups is 2. The van der Waals surface area contributed by atoms with Gasteiger partial charge in [0.15, 0.2) is 5.16 Å². The van der Waals surface area contributed by atoms with E-state index in [1.807, 2.05) is 38.1 Å². The minimum atomic E-state index is 0.0152. The predicted octanol–water partition coefficient (Wildman–Crippen LogP) is 3.09. The molecule has 0 radical (unpaired) electrons. The maximum absolute atomic E-state index is 11.8. The van der Waals surface area contributed by atoms with Gasteiger partial charge in [-0.25, -0.2) is 9.97 Å². The van der Waals surface area contributed by atoms with Crippen LogP contribution in [0.25, 0.3) is 0 Å². The second kappa shape index (κ2) is 8.80. The predicted molar refractivity (Wildman–Crippen MR) is 92.4 cm³/mol. The van der Waals surface area contributed by atoms with E-state index in [1.165, 1.54) is 16.7 Å². The molecule has 1 aromatic heterocycles. The molecule has 4 nitrogen and oxygen atoms in total. The summed E-state index contributed by atoms with van der Waals surface area (Å²) >= 11 is 3.10. The SMILES string of the molecule is Cc1cc(C)nc(SCC(=O)NCCSc2ccccc2)n1. The third-order valence-corrected chi connectivity index (χ3v) is 4.59. The molecule has 1 aromatic carbocycles. The van der Waals surface area contributed by atoms with Gasteiger partial charge in [0.05, 0.1) is 5.75 Å². The Hall–Kier alpha value is -1.53. The summed E-state index contributed by atoms with van der Waals surface area (Å²) in [6.07, 6.45) is 0.